The molecule has 9 nitrogen and oxygen atoms in total. The Bertz CT molecular complexity index is 1000. The zero-order chi connectivity index (χ0) is 19.8. The Kier molecular flexibility index (Phi) is 4.67. The van der Waals surface area contributed by atoms with Gasteiger partial charge in [-0.05, 0) is 19.9 Å². The number of rotatable bonds is 3. The fraction of sp³-hybridized carbons (Fsp3) is 0.500. The molecule has 0 spiro atoms. The minimum absolute atomic E-state index is 0.754. The van der Waals surface area contributed by atoms with Gasteiger partial charge < -0.3 is 19.4 Å². The van der Waals surface area contributed by atoms with Gasteiger partial charge in [-0.2, -0.15) is 10.1 Å². The van der Waals surface area contributed by atoms with E-state index in [1.165, 1.54) is 0 Å². The van der Waals surface area contributed by atoms with Crippen LogP contribution in [0.3, 0.4) is 0 Å². The van der Waals surface area contributed by atoms with Crippen LogP contribution in [-0.2, 0) is 4.74 Å². The zero-order valence-corrected chi connectivity index (χ0v) is 17.0. The minimum atomic E-state index is 0.754. The van der Waals surface area contributed by atoms with Crippen LogP contribution in [0, 0.1) is 13.8 Å². The van der Waals surface area contributed by atoms with Crippen molar-refractivity contribution in [2.24, 2.45) is 0 Å². The fourth-order valence-electron chi connectivity index (χ4n) is 4.02. The summed E-state index contributed by atoms with van der Waals surface area (Å²) in [5.41, 5.74) is 3.06. The summed E-state index contributed by atoms with van der Waals surface area (Å²) < 4.78 is 7.38. The van der Waals surface area contributed by atoms with Crippen LogP contribution in [0.1, 0.15) is 11.4 Å². The molecule has 5 heterocycles. The number of nitrogens with zero attached hydrogens (tertiary/aromatic N) is 8. The summed E-state index contributed by atoms with van der Waals surface area (Å²) >= 11 is 0. The Labute approximate surface area is 169 Å². The van der Waals surface area contributed by atoms with Crippen molar-refractivity contribution in [3.8, 4) is 0 Å². The van der Waals surface area contributed by atoms with E-state index in [9.17, 15) is 0 Å². The van der Waals surface area contributed by atoms with Crippen molar-refractivity contribution in [1.29, 1.82) is 0 Å². The van der Waals surface area contributed by atoms with E-state index in [4.69, 9.17) is 14.7 Å². The van der Waals surface area contributed by atoms with Crippen LogP contribution >= 0.6 is 0 Å². The molecule has 3 aromatic rings. The van der Waals surface area contributed by atoms with Crippen molar-refractivity contribution >= 4 is 23.1 Å². The lowest BCUT2D eigenvalue weighted by atomic mass is 10.3. The molecule has 0 radical (unpaired) electrons. The first-order valence-corrected chi connectivity index (χ1v) is 10.2. The third-order valence-electron chi connectivity index (χ3n) is 5.52. The Morgan fingerprint density at radius 1 is 0.828 bits per heavy atom. The van der Waals surface area contributed by atoms with Crippen molar-refractivity contribution in [3.05, 3.63) is 35.9 Å². The molecule has 9 heteroatoms. The zero-order valence-electron chi connectivity index (χ0n) is 17.0. The molecule has 0 N–H and O–H groups in total. The first-order valence-electron chi connectivity index (χ1n) is 10.2. The van der Waals surface area contributed by atoms with Gasteiger partial charge in [-0.3, -0.25) is 0 Å². The summed E-state index contributed by atoms with van der Waals surface area (Å²) in [7, 11) is 0. The van der Waals surface area contributed by atoms with E-state index in [1.807, 2.05) is 30.8 Å². The Balaban J connectivity index is 1.33. The largest absolute Gasteiger partial charge is 0.378 e. The van der Waals surface area contributed by atoms with E-state index in [0.717, 1.165) is 87.0 Å². The van der Waals surface area contributed by atoms with Crippen molar-refractivity contribution in [2.75, 3.05) is 67.2 Å². The Morgan fingerprint density at radius 2 is 1.59 bits per heavy atom. The minimum Gasteiger partial charge on any atom is -0.378 e. The highest BCUT2D eigenvalue weighted by Gasteiger charge is 2.23. The predicted molar refractivity (Wildman–Crippen MR) is 112 cm³/mol. The number of ether oxygens (including phenoxy) is 1. The molecular weight excluding hydrogens is 368 g/mol. The van der Waals surface area contributed by atoms with E-state index in [1.54, 1.807) is 0 Å². The Morgan fingerprint density at radius 3 is 2.38 bits per heavy atom. The SMILES string of the molecule is Cc1cc(N2CCOCC2)nc(N2CCN(c3nccn4nc(C)cc34)CC2)n1. The predicted octanol–water partition coefficient (Wildman–Crippen LogP) is 1.30. The quantitative estimate of drug-likeness (QED) is 0.658. The summed E-state index contributed by atoms with van der Waals surface area (Å²) in [6.45, 7) is 10.8. The van der Waals surface area contributed by atoms with Crippen molar-refractivity contribution < 1.29 is 4.74 Å². The second-order valence-corrected chi connectivity index (χ2v) is 7.61. The highest BCUT2D eigenvalue weighted by atomic mass is 16.5. The molecule has 0 atom stereocenters. The van der Waals surface area contributed by atoms with Crippen LogP contribution in [0.5, 0.6) is 0 Å². The highest BCUT2D eigenvalue weighted by molar-refractivity contribution is 5.69. The summed E-state index contributed by atoms with van der Waals surface area (Å²) in [4.78, 5) is 21.1. The number of aromatic nitrogens is 5. The first kappa shape index (κ1) is 18.1. The van der Waals surface area contributed by atoms with Gasteiger partial charge in [0, 0.05) is 63.4 Å². The summed E-state index contributed by atoms with van der Waals surface area (Å²) in [5, 5.41) is 4.50. The van der Waals surface area contributed by atoms with Crippen molar-refractivity contribution in [3.63, 3.8) is 0 Å². The molecule has 29 heavy (non-hydrogen) atoms. The molecule has 0 saturated carbocycles. The van der Waals surface area contributed by atoms with Crippen LogP contribution in [-0.4, -0.2) is 77.0 Å². The monoisotopic (exact) mass is 394 g/mol. The highest BCUT2D eigenvalue weighted by Crippen LogP contribution is 2.23. The molecule has 152 valence electrons. The lowest BCUT2D eigenvalue weighted by Crippen LogP contribution is -2.47. The Hall–Kier alpha value is -2.94. The van der Waals surface area contributed by atoms with Gasteiger partial charge in [-0.15, -0.1) is 0 Å². The van der Waals surface area contributed by atoms with Gasteiger partial charge in [0.1, 0.15) is 11.3 Å². The van der Waals surface area contributed by atoms with Gasteiger partial charge in [-0.25, -0.2) is 14.5 Å². The van der Waals surface area contributed by atoms with E-state index < -0.39 is 0 Å². The van der Waals surface area contributed by atoms with Gasteiger partial charge in [0.15, 0.2) is 5.82 Å². The van der Waals surface area contributed by atoms with Gasteiger partial charge in [0.2, 0.25) is 5.95 Å². The number of aryl methyl sites for hydroxylation is 2. The van der Waals surface area contributed by atoms with Gasteiger partial charge >= 0.3 is 0 Å². The third kappa shape index (κ3) is 3.57. The molecule has 0 amide bonds. The topological polar surface area (TPSA) is 74.9 Å². The molecule has 5 rings (SSSR count). The molecule has 2 fully saturated rings. The lowest BCUT2D eigenvalue weighted by Gasteiger charge is -2.36. The van der Waals surface area contributed by atoms with Crippen molar-refractivity contribution in [1.82, 2.24) is 24.6 Å². The average molecular weight is 394 g/mol. The number of hydrogen-bond donors (Lipinski definition) is 0. The maximum Gasteiger partial charge on any atom is 0.227 e. The molecule has 0 unspecified atom stereocenters. The molecule has 2 aliphatic rings. The van der Waals surface area contributed by atoms with Crippen molar-refractivity contribution in [2.45, 2.75) is 13.8 Å². The van der Waals surface area contributed by atoms with E-state index in [-0.39, 0.29) is 0 Å². The molecular formula is C20H26N8O. The second-order valence-electron chi connectivity index (χ2n) is 7.61. The fourth-order valence-corrected chi connectivity index (χ4v) is 4.02. The average Bonchev–Trinajstić information content (AvgIpc) is 3.14. The second kappa shape index (κ2) is 7.47. The van der Waals surface area contributed by atoms with Gasteiger partial charge in [0.05, 0.1) is 18.9 Å². The molecule has 0 aliphatic carbocycles. The number of piperazine rings is 1. The van der Waals surface area contributed by atoms with Crippen LogP contribution in [0.25, 0.3) is 5.52 Å². The molecule has 3 aromatic heterocycles. The molecule has 2 saturated heterocycles. The summed E-state index contributed by atoms with van der Waals surface area (Å²) in [5.74, 6) is 2.81. The van der Waals surface area contributed by atoms with Crippen LogP contribution in [0.15, 0.2) is 24.5 Å². The van der Waals surface area contributed by atoms with E-state index in [2.05, 4.69) is 36.9 Å². The molecule has 2 aliphatic heterocycles. The van der Waals surface area contributed by atoms with E-state index in [0.29, 0.717) is 0 Å². The van der Waals surface area contributed by atoms with Crippen LogP contribution in [0.2, 0.25) is 0 Å². The first-order chi connectivity index (χ1) is 14.2. The number of morpholine rings is 1. The molecule has 0 bridgehead atoms. The van der Waals surface area contributed by atoms with Crippen LogP contribution < -0.4 is 14.7 Å². The van der Waals surface area contributed by atoms with Crippen LogP contribution in [0.4, 0.5) is 17.6 Å². The van der Waals surface area contributed by atoms with Gasteiger partial charge in [-0.1, -0.05) is 0 Å². The van der Waals surface area contributed by atoms with E-state index >= 15 is 0 Å². The summed E-state index contributed by atoms with van der Waals surface area (Å²) in [6.07, 6.45) is 3.72. The lowest BCUT2D eigenvalue weighted by molar-refractivity contribution is 0.122. The maximum atomic E-state index is 5.47. The van der Waals surface area contributed by atoms with Gasteiger partial charge in [0.25, 0.3) is 0 Å². The normalized spacial score (nSPS) is 17.9. The number of hydrogen-bond acceptors (Lipinski definition) is 8. The number of anilines is 3. The standard InChI is InChI=1S/C20H26N8O/c1-15-14-18(25-9-11-29-12-10-25)23-20(22-15)27-7-5-26(6-8-27)19-17-13-16(2)24-28(17)4-3-21-19/h3-4,13-14H,5-12H2,1-2H3. The molecule has 0 aromatic carbocycles. The smallest absolute Gasteiger partial charge is 0.227 e. The summed E-state index contributed by atoms with van der Waals surface area (Å²) in [6, 6.07) is 4.16. The number of fused-ring (bicyclic) bond motifs is 1. The third-order valence-corrected chi connectivity index (χ3v) is 5.52. The maximum absolute atomic E-state index is 5.47.